The second-order valence-corrected chi connectivity index (χ2v) is 8.68. The van der Waals surface area contributed by atoms with Crippen LogP contribution in [0.1, 0.15) is 52.0 Å². The third-order valence-electron chi connectivity index (χ3n) is 5.97. The molecule has 2 aromatic rings. The maximum absolute atomic E-state index is 12.6. The molecule has 1 aliphatic carbocycles. The number of benzene rings is 1. The second kappa shape index (κ2) is 11.4. The number of amides is 1. The molecule has 0 spiro atoms. The van der Waals surface area contributed by atoms with Crippen LogP contribution < -0.4 is 14.2 Å². The summed E-state index contributed by atoms with van der Waals surface area (Å²) in [5.74, 6) is 2.92. The van der Waals surface area contributed by atoms with Gasteiger partial charge in [-0.2, -0.15) is 0 Å². The number of carbonyl (C=O) groups excluding carboxylic acids is 1. The molecule has 1 aliphatic rings. The highest BCUT2D eigenvalue weighted by atomic mass is 32.2. The largest absolute Gasteiger partial charge is 0.493 e. The normalized spacial score (nSPS) is 14.3. The molecule has 1 aromatic heterocycles. The van der Waals surface area contributed by atoms with Crippen molar-refractivity contribution in [3.63, 3.8) is 0 Å². The van der Waals surface area contributed by atoms with Crippen molar-refractivity contribution in [2.24, 2.45) is 0 Å². The predicted molar refractivity (Wildman–Crippen MR) is 126 cm³/mol. The molecule has 1 saturated carbocycles. The Balaban J connectivity index is 2.00. The fourth-order valence-electron chi connectivity index (χ4n) is 4.24. The molecular weight excluding hydrogens is 428 g/mol. The summed E-state index contributed by atoms with van der Waals surface area (Å²) in [6.45, 7) is 5.42. The predicted octanol–water partition coefficient (Wildman–Crippen LogP) is 4.44. The molecule has 0 bridgehead atoms. The molecule has 9 heteroatoms. The van der Waals surface area contributed by atoms with E-state index in [4.69, 9.17) is 14.2 Å². The topological polar surface area (TPSA) is 78.7 Å². The number of rotatable bonds is 10. The number of ether oxygens (including phenoxy) is 3. The minimum atomic E-state index is 0.118. The Kier molecular flexibility index (Phi) is 8.67. The van der Waals surface area contributed by atoms with Crippen molar-refractivity contribution in [1.29, 1.82) is 0 Å². The minimum Gasteiger partial charge on any atom is -0.493 e. The first-order valence-corrected chi connectivity index (χ1v) is 12.2. The Morgan fingerprint density at radius 1 is 1.03 bits per heavy atom. The van der Waals surface area contributed by atoms with Crippen LogP contribution in [0.4, 0.5) is 0 Å². The molecule has 176 valence electrons. The zero-order valence-electron chi connectivity index (χ0n) is 19.7. The van der Waals surface area contributed by atoms with Crippen molar-refractivity contribution >= 4 is 17.7 Å². The van der Waals surface area contributed by atoms with Crippen LogP contribution in [0, 0.1) is 0 Å². The molecule has 1 fully saturated rings. The third kappa shape index (κ3) is 5.14. The van der Waals surface area contributed by atoms with E-state index in [0.717, 1.165) is 29.4 Å². The lowest BCUT2D eigenvalue weighted by atomic mass is 9.95. The van der Waals surface area contributed by atoms with E-state index >= 15 is 0 Å². The van der Waals surface area contributed by atoms with E-state index in [2.05, 4.69) is 14.8 Å². The average Bonchev–Trinajstić information content (AvgIpc) is 3.27. The van der Waals surface area contributed by atoms with Crippen LogP contribution in [-0.2, 0) is 4.79 Å². The number of thioether (sulfide) groups is 1. The third-order valence-corrected chi connectivity index (χ3v) is 6.90. The summed E-state index contributed by atoms with van der Waals surface area (Å²) in [6.07, 6.45) is 5.77. The molecule has 0 radical (unpaired) electrons. The minimum absolute atomic E-state index is 0.118. The molecule has 0 unspecified atom stereocenters. The van der Waals surface area contributed by atoms with Gasteiger partial charge in [0.15, 0.2) is 22.5 Å². The quantitative estimate of drug-likeness (QED) is 0.483. The monoisotopic (exact) mass is 462 g/mol. The molecule has 32 heavy (non-hydrogen) atoms. The van der Waals surface area contributed by atoms with Gasteiger partial charge < -0.3 is 19.1 Å². The Morgan fingerprint density at radius 2 is 1.66 bits per heavy atom. The summed E-state index contributed by atoms with van der Waals surface area (Å²) in [4.78, 5) is 14.4. The first kappa shape index (κ1) is 24.2. The lowest BCUT2D eigenvalue weighted by Gasteiger charge is -2.26. The van der Waals surface area contributed by atoms with Crippen molar-refractivity contribution < 1.29 is 19.0 Å². The fourth-order valence-corrected chi connectivity index (χ4v) is 5.15. The summed E-state index contributed by atoms with van der Waals surface area (Å²) < 4.78 is 18.8. The highest BCUT2D eigenvalue weighted by Gasteiger charge is 2.26. The van der Waals surface area contributed by atoms with Gasteiger partial charge in [-0.15, -0.1) is 10.2 Å². The van der Waals surface area contributed by atoms with Crippen LogP contribution in [0.5, 0.6) is 17.2 Å². The molecule has 3 rings (SSSR count). The number of carbonyl (C=O) groups is 1. The van der Waals surface area contributed by atoms with Gasteiger partial charge in [-0.25, -0.2) is 0 Å². The number of aromatic nitrogens is 3. The van der Waals surface area contributed by atoms with Crippen LogP contribution >= 0.6 is 11.8 Å². The van der Waals surface area contributed by atoms with Crippen LogP contribution in [0.15, 0.2) is 17.3 Å². The first-order chi connectivity index (χ1) is 15.6. The molecule has 0 saturated heterocycles. The van der Waals surface area contributed by atoms with Crippen molar-refractivity contribution in [2.45, 2.75) is 57.1 Å². The Morgan fingerprint density at radius 3 is 2.19 bits per heavy atom. The zero-order chi connectivity index (χ0) is 23.1. The average molecular weight is 463 g/mol. The van der Waals surface area contributed by atoms with Crippen LogP contribution in [0.25, 0.3) is 11.4 Å². The first-order valence-electron chi connectivity index (χ1n) is 11.2. The van der Waals surface area contributed by atoms with Crippen molar-refractivity contribution in [1.82, 2.24) is 19.7 Å². The molecular formula is C23H34N4O4S. The Labute approximate surface area is 194 Å². The van der Waals surface area contributed by atoms with E-state index in [-0.39, 0.29) is 5.91 Å². The summed E-state index contributed by atoms with van der Waals surface area (Å²) in [7, 11) is 4.80. The number of hydrogen-bond acceptors (Lipinski definition) is 7. The number of nitrogens with zero attached hydrogens (tertiary/aromatic N) is 4. The van der Waals surface area contributed by atoms with Gasteiger partial charge in [0.25, 0.3) is 0 Å². The van der Waals surface area contributed by atoms with Crippen molar-refractivity contribution in [3.05, 3.63) is 12.1 Å². The lowest BCUT2D eigenvalue weighted by molar-refractivity contribution is -0.127. The van der Waals surface area contributed by atoms with Gasteiger partial charge in [0.1, 0.15) is 0 Å². The highest BCUT2D eigenvalue weighted by Crippen LogP contribution is 2.43. The van der Waals surface area contributed by atoms with Crippen LogP contribution in [-0.4, -0.2) is 65.7 Å². The smallest absolute Gasteiger partial charge is 0.233 e. The Bertz CT molecular complexity index is 882. The van der Waals surface area contributed by atoms with E-state index in [0.29, 0.717) is 42.1 Å². The van der Waals surface area contributed by atoms with E-state index < -0.39 is 0 Å². The maximum atomic E-state index is 12.6. The SMILES string of the molecule is CCN(CC)C(=O)CSc1nnc(-c2cc(OC)c(OC)c(OC)c2)n1C1CCCCC1. The van der Waals surface area contributed by atoms with Gasteiger partial charge in [-0.1, -0.05) is 31.0 Å². The fraction of sp³-hybridized carbons (Fsp3) is 0.609. The molecule has 1 amide bonds. The lowest BCUT2D eigenvalue weighted by Crippen LogP contribution is -2.32. The van der Waals surface area contributed by atoms with Crippen molar-refractivity contribution in [2.75, 3.05) is 40.2 Å². The molecule has 0 aliphatic heterocycles. The summed E-state index contributed by atoms with van der Waals surface area (Å²) in [6, 6.07) is 4.11. The number of methoxy groups -OCH3 is 3. The van der Waals surface area contributed by atoms with Gasteiger partial charge in [0.05, 0.1) is 27.1 Å². The van der Waals surface area contributed by atoms with E-state index in [9.17, 15) is 4.79 Å². The summed E-state index contributed by atoms with van der Waals surface area (Å²) in [5.41, 5.74) is 0.847. The van der Waals surface area contributed by atoms with Crippen LogP contribution in [0.2, 0.25) is 0 Å². The second-order valence-electron chi connectivity index (χ2n) is 7.74. The van der Waals surface area contributed by atoms with Gasteiger partial charge in [-0.3, -0.25) is 9.36 Å². The van der Waals surface area contributed by atoms with E-state index in [1.807, 2.05) is 30.9 Å². The van der Waals surface area contributed by atoms with Gasteiger partial charge >= 0.3 is 0 Å². The van der Waals surface area contributed by atoms with Gasteiger partial charge in [-0.05, 0) is 38.8 Å². The number of hydrogen-bond donors (Lipinski definition) is 0. The van der Waals surface area contributed by atoms with Crippen LogP contribution in [0.3, 0.4) is 0 Å². The summed E-state index contributed by atoms with van der Waals surface area (Å²) in [5, 5.41) is 9.82. The summed E-state index contributed by atoms with van der Waals surface area (Å²) >= 11 is 1.46. The van der Waals surface area contributed by atoms with Crippen molar-refractivity contribution in [3.8, 4) is 28.6 Å². The molecule has 0 N–H and O–H groups in total. The molecule has 1 heterocycles. The van der Waals surface area contributed by atoms with Gasteiger partial charge in [0.2, 0.25) is 11.7 Å². The molecule has 8 nitrogen and oxygen atoms in total. The van der Waals surface area contributed by atoms with E-state index in [1.165, 1.54) is 31.0 Å². The molecule has 1 aromatic carbocycles. The van der Waals surface area contributed by atoms with Gasteiger partial charge in [0, 0.05) is 24.7 Å². The Hall–Kier alpha value is -2.42. The maximum Gasteiger partial charge on any atom is 0.233 e. The standard InChI is InChI=1S/C23H34N4O4S/c1-6-26(7-2)20(28)15-32-23-25-24-22(27(23)17-11-9-8-10-12-17)16-13-18(29-3)21(31-5)19(14-16)30-4/h13-14,17H,6-12,15H2,1-5H3. The zero-order valence-corrected chi connectivity index (χ0v) is 20.5. The molecule has 0 atom stereocenters. The van der Waals surface area contributed by atoms with E-state index in [1.54, 1.807) is 21.3 Å². The highest BCUT2D eigenvalue weighted by molar-refractivity contribution is 7.99.